The maximum atomic E-state index is 5.96. The monoisotopic (exact) mass is 324 g/mol. The number of quaternary nitrogens is 2. The predicted octanol–water partition coefficient (Wildman–Crippen LogP) is 2.01. The van der Waals surface area contributed by atoms with E-state index >= 15 is 0 Å². The lowest BCUT2D eigenvalue weighted by Gasteiger charge is -2.13. The molecule has 0 atom stereocenters. The third-order valence-electron chi connectivity index (χ3n) is 3.51. The van der Waals surface area contributed by atoms with Gasteiger partial charge in [-0.2, -0.15) is 0 Å². The fourth-order valence-corrected chi connectivity index (χ4v) is 3.26. The van der Waals surface area contributed by atoms with Gasteiger partial charge < -0.3 is 20.9 Å². The summed E-state index contributed by atoms with van der Waals surface area (Å²) in [7, 11) is 0. The van der Waals surface area contributed by atoms with E-state index in [1.165, 1.54) is 15.0 Å². The summed E-state index contributed by atoms with van der Waals surface area (Å²) < 4.78 is 13.2. The molecule has 2 aromatic rings. The summed E-state index contributed by atoms with van der Waals surface area (Å²) in [5, 5.41) is 1.24. The Labute approximate surface area is 136 Å². The summed E-state index contributed by atoms with van der Waals surface area (Å²) >= 11 is 1.80. The Balaban J connectivity index is 2.09. The molecule has 1 aromatic carbocycles. The smallest absolute Gasteiger partial charge is 0.162 e. The molecule has 0 spiro atoms. The molecule has 0 bridgehead atoms. The molecule has 1 heterocycles. The molecule has 0 amide bonds. The van der Waals surface area contributed by atoms with Crippen molar-refractivity contribution in [2.75, 3.05) is 26.3 Å². The van der Waals surface area contributed by atoms with Gasteiger partial charge in [-0.05, 0) is 50.1 Å². The molecule has 0 saturated heterocycles. The summed E-state index contributed by atoms with van der Waals surface area (Å²) in [6.07, 6.45) is 4.26. The van der Waals surface area contributed by atoms with Crippen LogP contribution in [-0.4, -0.2) is 26.3 Å². The van der Waals surface area contributed by atoms with Crippen LogP contribution >= 0.6 is 11.3 Å². The Morgan fingerprint density at radius 1 is 0.864 bits per heavy atom. The van der Waals surface area contributed by atoms with Gasteiger partial charge >= 0.3 is 0 Å². The second-order valence-corrected chi connectivity index (χ2v) is 6.80. The lowest BCUT2D eigenvalue weighted by atomic mass is 10.2. The third kappa shape index (κ3) is 4.87. The molecule has 4 nitrogen and oxygen atoms in total. The summed E-state index contributed by atoms with van der Waals surface area (Å²) in [5.74, 6) is 1.73. The Kier molecular flexibility index (Phi) is 6.96. The van der Waals surface area contributed by atoms with Gasteiger partial charge in [0.15, 0.2) is 11.5 Å². The lowest BCUT2D eigenvalue weighted by Crippen LogP contribution is -2.50. The van der Waals surface area contributed by atoms with Crippen LogP contribution in [0.1, 0.15) is 30.6 Å². The van der Waals surface area contributed by atoms with E-state index in [9.17, 15) is 0 Å². The van der Waals surface area contributed by atoms with E-state index < -0.39 is 0 Å². The normalized spacial score (nSPS) is 11.0. The predicted molar refractivity (Wildman–Crippen MR) is 91.5 cm³/mol. The van der Waals surface area contributed by atoms with Crippen LogP contribution in [0.15, 0.2) is 18.2 Å². The van der Waals surface area contributed by atoms with E-state index in [0.717, 1.165) is 63.5 Å². The van der Waals surface area contributed by atoms with Crippen LogP contribution in [0.3, 0.4) is 0 Å². The van der Waals surface area contributed by atoms with Gasteiger partial charge in [-0.15, -0.1) is 11.3 Å². The highest BCUT2D eigenvalue weighted by Crippen LogP contribution is 2.36. The molecule has 6 N–H and O–H groups in total. The van der Waals surface area contributed by atoms with Crippen molar-refractivity contribution in [1.29, 1.82) is 0 Å². The number of rotatable bonds is 10. The molecule has 2 rings (SSSR count). The Morgan fingerprint density at radius 2 is 1.45 bits per heavy atom. The van der Waals surface area contributed by atoms with Crippen molar-refractivity contribution in [1.82, 2.24) is 0 Å². The minimum atomic E-state index is 0.722. The van der Waals surface area contributed by atoms with Gasteiger partial charge in [-0.1, -0.05) is 0 Å². The molecule has 0 aliphatic rings. The SMILES string of the molecule is Cc1cc2cc(OCCCC[NH3+])c(OCCCC[NH3+])cc2s1. The second kappa shape index (κ2) is 8.98. The molecule has 22 heavy (non-hydrogen) atoms. The first-order valence-electron chi connectivity index (χ1n) is 8.13. The van der Waals surface area contributed by atoms with E-state index in [1.807, 2.05) is 0 Å². The van der Waals surface area contributed by atoms with Gasteiger partial charge in [0.05, 0.1) is 26.3 Å². The summed E-state index contributed by atoms with van der Waals surface area (Å²) in [6, 6.07) is 6.43. The highest BCUT2D eigenvalue weighted by atomic mass is 32.1. The molecular formula is C17H28N2O2S+2. The number of unbranched alkanes of at least 4 members (excludes halogenated alkanes) is 2. The third-order valence-corrected chi connectivity index (χ3v) is 4.52. The van der Waals surface area contributed by atoms with Crippen molar-refractivity contribution in [3.63, 3.8) is 0 Å². The van der Waals surface area contributed by atoms with Gasteiger partial charge in [0.2, 0.25) is 0 Å². The van der Waals surface area contributed by atoms with Crippen molar-refractivity contribution in [2.45, 2.75) is 32.6 Å². The average molecular weight is 324 g/mol. The zero-order valence-corrected chi connectivity index (χ0v) is 14.3. The largest absolute Gasteiger partial charge is 0.490 e. The number of benzene rings is 1. The maximum absolute atomic E-state index is 5.96. The maximum Gasteiger partial charge on any atom is 0.162 e. The molecule has 122 valence electrons. The first-order valence-corrected chi connectivity index (χ1v) is 8.94. The molecule has 0 fully saturated rings. The van der Waals surface area contributed by atoms with E-state index in [1.54, 1.807) is 11.3 Å². The summed E-state index contributed by atoms with van der Waals surface area (Å²) in [4.78, 5) is 1.31. The van der Waals surface area contributed by atoms with Crippen LogP contribution in [-0.2, 0) is 0 Å². The molecule has 0 aliphatic carbocycles. The van der Waals surface area contributed by atoms with Crippen LogP contribution < -0.4 is 20.9 Å². The van der Waals surface area contributed by atoms with Crippen LogP contribution in [0.25, 0.3) is 10.1 Å². The van der Waals surface area contributed by atoms with Crippen molar-refractivity contribution >= 4 is 21.4 Å². The molecule has 0 saturated carbocycles. The van der Waals surface area contributed by atoms with Crippen molar-refractivity contribution in [2.24, 2.45) is 0 Å². The van der Waals surface area contributed by atoms with Gasteiger partial charge in [0.25, 0.3) is 0 Å². The Hall–Kier alpha value is -1.30. The molecular weight excluding hydrogens is 296 g/mol. The average Bonchev–Trinajstić information content (AvgIpc) is 2.87. The van der Waals surface area contributed by atoms with Crippen molar-refractivity contribution < 1.29 is 20.9 Å². The zero-order valence-electron chi connectivity index (χ0n) is 13.5. The number of thiophene rings is 1. The van der Waals surface area contributed by atoms with E-state index in [4.69, 9.17) is 9.47 Å². The van der Waals surface area contributed by atoms with Gasteiger partial charge in [-0.3, -0.25) is 0 Å². The van der Waals surface area contributed by atoms with Crippen LogP contribution in [0.2, 0.25) is 0 Å². The minimum absolute atomic E-state index is 0.722. The van der Waals surface area contributed by atoms with Crippen molar-refractivity contribution in [3.8, 4) is 11.5 Å². The van der Waals surface area contributed by atoms with Crippen LogP contribution in [0.5, 0.6) is 11.5 Å². The summed E-state index contributed by atoms with van der Waals surface area (Å²) in [6.45, 7) is 5.50. The quantitative estimate of drug-likeness (QED) is 0.656. The van der Waals surface area contributed by atoms with Crippen molar-refractivity contribution in [3.05, 3.63) is 23.1 Å². The van der Waals surface area contributed by atoms with E-state index in [0.29, 0.717) is 0 Å². The second-order valence-electron chi connectivity index (χ2n) is 5.51. The van der Waals surface area contributed by atoms with Gasteiger partial charge in [0.1, 0.15) is 0 Å². The fraction of sp³-hybridized carbons (Fsp3) is 0.529. The molecule has 1 aromatic heterocycles. The van der Waals surface area contributed by atoms with Gasteiger partial charge in [0, 0.05) is 15.6 Å². The van der Waals surface area contributed by atoms with Crippen LogP contribution in [0, 0.1) is 6.92 Å². The first-order chi connectivity index (χ1) is 10.7. The highest BCUT2D eigenvalue weighted by Gasteiger charge is 2.10. The Morgan fingerprint density at radius 3 is 2.05 bits per heavy atom. The first kappa shape index (κ1) is 17.1. The van der Waals surface area contributed by atoms with Crippen LogP contribution in [0.4, 0.5) is 0 Å². The molecule has 0 unspecified atom stereocenters. The topological polar surface area (TPSA) is 73.7 Å². The standard InChI is InChI=1S/C17H26N2O2S/c1-13-10-14-11-15(20-8-4-2-6-18)16(12-17(14)22-13)21-9-5-3-7-19/h10-12H,2-9,18-19H2,1H3/p+2. The zero-order chi connectivity index (χ0) is 15.8. The van der Waals surface area contributed by atoms with Gasteiger partial charge in [-0.25, -0.2) is 0 Å². The highest BCUT2D eigenvalue weighted by molar-refractivity contribution is 7.19. The summed E-state index contributed by atoms with van der Waals surface area (Å²) in [5.41, 5.74) is 7.73. The molecule has 0 aliphatic heterocycles. The number of aryl methyl sites for hydroxylation is 1. The number of ether oxygens (including phenoxy) is 2. The van der Waals surface area contributed by atoms with E-state index in [-0.39, 0.29) is 0 Å². The fourth-order valence-electron chi connectivity index (χ4n) is 2.33. The lowest BCUT2D eigenvalue weighted by molar-refractivity contribution is -0.369. The number of hydrogen-bond donors (Lipinski definition) is 2. The van der Waals surface area contributed by atoms with E-state index in [2.05, 4.69) is 36.6 Å². The molecule has 5 heteroatoms. The molecule has 0 radical (unpaired) electrons. The number of hydrogen-bond acceptors (Lipinski definition) is 3. The minimum Gasteiger partial charge on any atom is -0.490 e. The Bertz CT molecular complexity index is 534. The number of fused-ring (bicyclic) bond motifs is 1.